The lowest BCUT2D eigenvalue weighted by Crippen LogP contribution is -2.50. The Bertz CT molecular complexity index is 701. The van der Waals surface area contributed by atoms with Crippen molar-refractivity contribution in [3.05, 3.63) is 23.9 Å². The lowest BCUT2D eigenvalue weighted by Gasteiger charge is -2.35. The first kappa shape index (κ1) is 19.5. The molecule has 3 heterocycles. The maximum absolute atomic E-state index is 12.4. The van der Waals surface area contributed by atoms with E-state index < -0.39 is 5.60 Å². The summed E-state index contributed by atoms with van der Waals surface area (Å²) in [5.41, 5.74) is 0.403. The molecule has 0 aliphatic carbocycles. The number of pyridine rings is 1. The number of likely N-dealkylation sites (tertiary alicyclic amines) is 1. The molecule has 2 aliphatic heterocycles. The number of ether oxygens (including phenoxy) is 2. The van der Waals surface area contributed by atoms with Crippen LogP contribution in [0, 0.1) is 0 Å². The van der Waals surface area contributed by atoms with Crippen molar-refractivity contribution in [1.29, 1.82) is 0 Å². The summed E-state index contributed by atoms with van der Waals surface area (Å²) in [4.78, 5) is 32.8. The summed E-state index contributed by atoms with van der Waals surface area (Å²) in [5.74, 6) is 0.714. The number of carbonyl (C=O) groups is 2. The van der Waals surface area contributed by atoms with Crippen LogP contribution in [0.4, 0.5) is 10.6 Å². The van der Waals surface area contributed by atoms with Gasteiger partial charge in [0.15, 0.2) is 0 Å². The maximum atomic E-state index is 12.4. The van der Waals surface area contributed by atoms with Gasteiger partial charge in [0.05, 0.1) is 25.1 Å². The third kappa shape index (κ3) is 4.70. The van der Waals surface area contributed by atoms with Gasteiger partial charge in [0.1, 0.15) is 11.4 Å². The number of esters is 1. The highest BCUT2D eigenvalue weighted by Crippen LogP contribution is 2.34. The fourth-order valence-corrected chi connectivity index (χ4v) is 3.72. The van der Waals surface area contributed by atoms with Crippen molar-refractivity contribution in [2.75, 3.05) is 24.6 Å². The van der Waals surface area contributed by atoms with Crippen molar-refractivity contribution in [3.63, 3.8) is 0 Å². The molecule has 1 aromatic rings. The van der Waals surface area contributed by atoms with Gasteiger partial charge in [-0.3, -0.25) is 4.79 Å². The van der Waals surface area contributed by atoms with E-state index in [2.05, 4.69) is 4.90 Å². The SMILES string of the molecule is CCOC(=O)CCc1cccc(N2C[C@H]3C[C@@H]2CN3C(=O)OC(C)(C)C)n1. The van der Waals surface area contributed by atoms with Crippen LogP contribution in [-0.2, 0) is 20.7 Å². The number of aryl methyl sites for hydroxylation is 1. The Morgan fingerprint density at radius 3 is 2.63 bits per heavy atom. The van der Waals surface area contributed by atoms with Gasteiger partial charge < -0.3 is 19.3 Å². The molecule has 2 atom stereocenters. The number of carbonyl (C=O) groups excluding carboxylic acids is 2. The molecule has 2 saturated heterocycles. The van der Waals surface area contributed by atoms with Crippen LogP contribution >= 0.6 is 0 Å². The van der Waals surface area contributed by atoms with E-state index in [-0.39, 0.29) is 24.1 Å². The van der Waals surface area contributed by atoms with Crippen LogP contribution in [0.3, 0.4) is 0 Å². The van der Waals surface area contributed by atoms with Crippen molar-refractivity contribution in [1.82, 2.24) is 9.88 Å². The molecular weight excluding hydrogens is 346 g/mol. The molecule has 2 fully saturated rings. The third-order valence-electron chi connectivity index (χ3n) is 4.85. The van der Waals surface area contributed by atoms with Crippen LogP contribution in [0.5, 0.6) is 0 Å². The van der Waals surface area contributed by atoms with Crippen LogP contribution in [0.25, 0.3) is 0 Å². The fourth-order valence-electron chi connectivity index (χ4n) is 3.72. The maximum Gasteiger partial charge on any atom is 0.410 e. The zero-order chi connectivity index (χ0) is 19.6. The zero-order valence-electron chi connectivity index (χ0n) is 16.6. The first-order valence-corrected chi connectivity index (χ1v) is 9.64. The molecule has 7 nitrogen and oxygen atoms in total. The lowest BCUT2D eigenvalue weighted by atomic mass is 10.2. The number of amides is 1. The molecule has 0 aromatic carbocycles. The monoisotopic (exact) mass is 375 g/mol. The lowest BCUT2D eigenvalue weighted by molar-refractivity contribution is -0.143. The number of hydrogen-bond donors (Lipinski definition) is 0. The first-order valence-electron chi connectivity index (χ1n) is 9.64. The second-order valence-corrected chi connectivity index (χ2v) is 8.12. The standard InChI is InChI=1S/C20H29N3O4/c1-5-26-18(24)10-9-14-7-6-8-17(21-14)22-12-16-11-15(22)13-23(16)19(25)27-20(2,3)4/h6-8,15-16H,5,9-13H2,1-4H3/t15-,16-/m1/s1. The van der Waals surface area contributed by atoms with E-state index in [1.54, 1.807) is 6.92 Å². The van der Waals surface area contributed by atoms with Crippen LogP contribution in [-0.4, -0.2) is 59.3 Å². The molecule has 2 bridgehead atoms. The minimum Gasteiger partial charge on any atom is -0.466 e. The van der Waals surface area contributed by atoms with E-state index in [1.807, 2.05) is 43.9 Å². The highest BCUT2D eigenvalue weighted by Gasteiger charge is 2.46. The summed E-state index contributed by atoms with van der Waals surface area (Å²) in [5, 5.41) is 0. The Labute approximate surface area is 160 Å². The predicted octanol–water partition coefficient (Wildman–Crippen LogP) is 2.78. The van der Waals surface area contributed by atoms with E-state index in [0.29, 0.717) is 26.0 Å². The van der Waals surface area contributed by atoms with Gasteiger partial charge >= 0.3 is 12.1 Å². The molecule has 0 saturated carbocycles. The summed E-state index contributed by atoms with van der Waals surface area (Å²) < 4.78 is 10.5. The normalized spacial score (nSPS) is 21.5. The van der Waals surface area contributed by atoms with Gasteiger partial charge in [0.2, 0.25) is 0 Å². The van der Waals surface area contributed by atoms with Crippen molar-refractivity contribution < 1.29 is 19.1 Å². The van der Waals surface area contributed by atoms with Crippen molar-refractivity contribution >= 4 is 17.9 Å². The summed E-state index contributed by atoms with van der Waals surface area (Å²) in [7, 11) is 0. The van der Waals surface area contributed by atoms with Crippen LogP contribution in [0.15, 0.2) is 18.2 Å². The highest BCUT2D eigenvalue weighted by molar-refractivity contribution is 5.70. The number of nitrogens with zero attached hydrogens (tertiary/aromatic N) is 3. The Morgan fingerprint density at radius 1 is 1.22 bits per heavy atom. The van der Waals surface area contributed by atoms with Crippen molar-refractivity contribution in [2.24, 2.45) is 0 Å². The van der Waals surface area contributed by atoms with Gasteiger partial charge in [-0.05, 0) is 46.2 Å². The molecule has 3 rings (SSSR count). The molecule has 0 unspecified atom stereocenters. The fraction of sp³-hybridized carbons (Fsp3) is 0.650. The largest absolute Gasteiger partial charge is 0.466 e. The van der Waals surface area contributed by atoms with E-state index in [0.717, 1.165) is 24.5 Å². The number of piperazine rings is 1. The second-order valence-electron chi connectivity index (χ2n) is 8.12. The Morgan fingerprint density at radius 2 is 2.00 bits per heavy atom. The topological polar surface area (TPSA) is 72.0 Å². The summed E-state index contributed by atoms with van der Waals surface area (Å²) in [6.07, 6.45) is 1.61. The van der Waals surface area contributed by atoms with Crippen LogP contribution < -0.4 is 4.90 Å². The van der Waals surface area contributed by atoms with Crippen molar-refractivity contribution in [3.8, 4) is 0 Å². The second kappa shape index (κ2) is 7.74. The minimum atomic E-state index is -0.479. The average Bonchev–Trinajstić information content (AvgIpc) is 3.20. The van der Waals surface area contributed by atoms with Gasteiger partial charge in [-0.15, -0.1) is 0 Å². The minimum absolute atomic E-state index is 0.162. The first-order chi connectivity index (χ1) is 12.8. The van der Waals surface area contributed by atoms with Gasteiger partial charge in [-0.1, -0.05) is 6.07 Å². The van der Waals surface area contributed by atoms with E-state index in [4.69, 9.17) is 14.5 Å². The van der Waals surface area contributed by atoms with Gasteiger partial charge in [0.25, 0.3) is 0 Å². The number of hydrogen-bond acceptors (Lipinski definition) is 6. The van der Waals surface area contributed by atoms with Crippen molar-refractivity contribution in [2.45, 2.75) is 64.6 Å². The Balaban J connectivity index is 1.59. The van der Waals surface area contributed by atoms with Crippen LogP contribution in [0.1, 0.15) is 46.2 Å². The molecule has 0 N–H and O–H groups in total. The van der Waals surface area contributed by atoms with E-state index in [9.17, 15) is 9.59 Å². The molecule has 1 amide bonds. The Kier molecular flexibility index (Phi) is 5.58. The summed E-state index contributed by atoms with van der Waals surface area (Å²) >= 11 is 0. The molecule has 1 aromatic heterocycles. The zero-order valence-corrected chi connectivity index (χ0v) is 16.6. The molecule has 27 heavy (non-hydrogen) atoms. The number of aromatic nitrogens is 1. The Hall–Kier alpha value is -2.31. The molecule has 0 radical (unpaired) electrons. The molecule has 2 aliphatic rings. The molecule has 7 heteroatoms. The summed E-state index contributed by atoms with van der Waals surface area (Å²) in [6.45, 7) is 9.29. The van der Waals surface area contributed by atoms with E-state index in [1.165, 1.54) is 0 Å². The predicted molar refractivity (Wildman–Crippen MR) is 102 cm³/mol. The smallest absolute Gasteiger partial charge is 0.410 e. The quantitative estimate of drug-likeness (QED) is 0.737. The number of fused-ring (bicyclic) bond motifs is 2. The average molecular weight is 375 g/mol. The molecule has 148 valence electrons. The molecule has 0 spiro atoms. The third-order valence-corrected chi connectivity index (χ3v) is 4.85. The summed E-state index contributed by atoms with van der Waals surface area (Å²) in [6, 6.07) is 6.32. The van der Waals surface area contributed by atoms with Gasteiger partial charge in [-0.25, -0.2) is 9.78 Å². The van der Waals surface area contributed by atoms with Gasteiger partial charge in [0, 0.05) is 25.2 Å². The highest BCUT2D eigenvalue weighted by atomic mass is 16.6. The number of anilines is 1. The van der Waals surface area contributed by atoms with Crippen LogP contribution in [0.2, 0.25) is 0 Å². The van der Waals surface area contributed by atoms with E-state index >= 15 is 0 Å². The van der Waals surface area contributed by atoms with Gasteiger partial charge in [-0.2, -0.15) is 0 Å². The molecular formula is C20H29N3O4. The number of rotatable bonds is 5.